The van der Waals surface area contributed by atoms with Crippen LogP contribution in [0.2, 0.25) is 0 Å². The number of ether oxygens (including phenoxy) is 2. The van der Waals surface area contributed by atoms with Crippen molar-refractivity contribution in [1.29, 1.82) is 0 Å². The first kappa shape index (κ1) is 11.5. The van der Waals surface area contributed by atoms with Gasteiger partial charge in [-0.25, -0.2) is 0 Å². The zero-order valence-corrected chi connectivity index (χ0v) is 10.5. The molecule has 1 saturated heterocycles. The van der Waals surface area contributed by atoms with Gasteiger partial charge in [0.15, 0.2) is 5.79 Å². The normalized spacial score (nSPS) is 51.1. The molecule has 17 heavy (non-hydrogen) atoms. The van der Waals surface area contributed by atoms with Gasteiger partial charge in [-0.1, -0.05) is 31.2 Å². The van der Waals surface area contributed by atoms with E-state index in [1.54, 1.807) is 0 Å². The van der Waals surface area contributed by atoms with Gasteiger partial charge in [-0.3, -0.25) is 0 Å². The Balaban J connectivity index is 2.00. The predicted molar refractivity (Wildman–Crippen MR) is 64.3 cm³/mol. The fraction of sp³-hybridized carbons (Fsp3) is 0.714. The topological polar surface area (TPSA) is 38.7 Å². The van der Waals surface area contributed by atoms with E-state index in [2.05, 4.69) is 19.1 Å². The summed E-state index contributed by atoms with van der Waals surface area (Å²) < 4.78 is 11.9. The van der Waals surface area contributed by atoms with Crippen LogP contribution in [0.15, 0.2) is 24.3 Å². The molecule has 3 nitrogen and oxygen atoms in total. The third-order valence-electron chi connectivity index (χ3n) is 4.15. The van der Waals surface area contributed by atoms with E-state index in [-0.39, 0.29) is 30.1 Å². The van der Waals surface area contributed by atoms with Crippen LogP contribution in [0.3, 0.4) is 0 Å². The van der Waals surface area contributed by atoms with E-state index in [1.165, 1.54) is 0 Å². The highest BCUT2D eigenvalue weighted by atomic mass is 16.7. The molecule has 0 saturated carbocycles. The maximum atomic E-state index is 10.1. The van der Waals surface area contributed by atoms with Crippen LogP contribution in [0.5, 0.6) is 0 Å². The number of hydrogen-bond acceptors (Lipinski definition) is 3. The van der Waals surface area contributed by atoms with Crippen molar-refractivity contribution in [2.24, 2.45) is 17.8 Å². The Kier molecular flexibility index (Phi) is 2.47. The molecule has 1 heterocycles. The molecule has 0 aromatic carbocycles. The number of hydrogen-bond donors (Lipinski definition) is 1. The Morgan fingerprint density at radius 3 is 2.18 bits per heavy atom. The Morgan fingerprint density at radius 2 is 1.53 bits per heavy atom. The van der Waals surface area contributed by atoms with Crippen molar-refractivity contribution in [3.05, 3.63) is 24.3 Å². The number of allylic oxidation sites excluding steroid dienone is 1. The van der Waals surface area contributed by atoms with Crippen LogP contribution in [-0.4, -0.2) is 29.2 Å². The highest BCUT2D eigenvalue weighted by Gasteiger charge is 2.50. The summed E-state index contributed by atoms with van der Waals surface area (Å²) >= 11 is 0. The highest BCUT2D eigenvalue weighted by Crippen LogP contribution is 2.45. The standard InChI is InChI=1S/C14H20O3/c1-8-4-6-10-13-11(17-14(2,3)16-10)7-5-9(15)12(8)13/h4-13,15H,1-3H3/t8-,9+,10+,11-,12+,13-/m1/s1. The van der Waals surface area contributed by atoms with Gasteiger partial charge in [-0.05, 0) is 19.8 Å². The Labute approximate surface area is 102 Å². The van der Waals surface area contributed by atoms with Crippen molar-refractivity contribution in [2.75, 3.05) is 0 Å². The second kappa shape index (κ2) is 3.67. The lowest BCUT2D eigenvalue weighted by atomic mass is 9.66. The Morgan fingerprint density at radius 1 is 0.941 bits per heavy atom. The molecule has 0 radical (unpaired) electrons. The number of rotatable bonds is 0. The van der Waals surface area contributed by atoms with Gasteiger partial charge in [-0.15, -0.1) is 0 Å². The molecule has 1 aliphatic heterocycles. The first-order valence-electron chi connectivity index (χ1n) is 6.38. The van der Waals surface area contributed by atoms with Crippen molar-refractivity contribution in [3.63, 3.8) is 0 Å². The molecule has 1 fully saturated rings. The van der Waals surface area contributed by atoms with Crippen molar-refractivity contribution in [1.82, 2.24) is 0 Å². The lowest BCUT2D eigenvalue weighted by Crippen LogP contribution is -2.57. The van der Waals surface area contributed by atoms with E-state index in [1.807, 2.05) is 26.0 Å². The molecule has 3 aliphatic rings. The molecular formula is C14H20O3. The summed E-state index contributed by atoms with van der Waals surface area (Å²) in [4.78, 5) is 0. The van der Waals surface area contributed by atoms with Gasteiger partial charge in [0.1, 0.15) is 0 Å². The third-order valence-corrected chi connectivity index (χ3v) is 4.15. The van der Waals surface area contributed by atoms with Gasteiger partial charge in [0, 0.05) is 11.8 Å². The van der Waals surface area contributed by atoms with E-state index in [9.17, 15) is 5.11 Å². The fourth-order valence-corrected chi connectivity index (χ4v) is 3.45. The van der Waals surface area contributed by atoms with Crippen molar-refractivity contribution >= 4 is 0 Å². The molecule has 2 aliphatic carbocycles. The van der Waals surface area contributed by atoms with Gasteiger partial charge in [-0.2, -0.15) is 0 Å². The Bertz CT molecular complexity index is 340. The largest absolute Gasteiger partial charge is 0.389 e. The predicted octanol–water partition coefficient (Wildman–Crippen LogP) is 1.88. The summed E-state index contributed by atoms with van der Waals surface area (Å²) in [5.74, 6) is 0.264. The van der Waals surface area contributed by atoms with Crippen molar-refractivity contribution in [2.45, 2.75) is 44.9 Å². The molecule has 0 unspecified atom stereocenters. The molecule has 0 aromatic heterocycles. The lowest BCUT2D eigenvalue weighted by Gasteiger charge is -2.52. The lowest BCUT2D eigenvalue weighted by molar-refractivity contribution is -0.315. The Hall–Kier alpha value is -0.640. The smallest absolute Gasteiger partial charge is 0.164 e. The summed E-state index contributed by atoms with van der Waals surface area (Å²) in [5.41, 5.74) is 0. The average Bonchev–Trinajstić information content (AvgIpc) is 2.24. The van der Waals surface area contributed by atoms with E-state index >= 15 is 0 Å². The van der Waals surface area contributed by atoms with E-state index in [0.29, 0.717) is 5.92 Å². The van der Waals surface area contributed by atoms with Crippen LogP contribution in [-0.2, 0) is 9.47 Å². The van der Waals surface area contributed by atoms with Crippen LogP contribution in [0.1, 0.15) is 20.8 Å². The summed E-state index contributed by atoms with van der Waals surface area (Å²) in [6, 6.07) is 0. The minimum Gasteiger partial charge on any atom is -0.389 e. The zero-order valence-electron chi connectivity index (χ0n) is 10.5. The van der Waals surface area contributed by atoms with Crippen LogP contribution in [0, 0.1) is 17.8 Å². The fourth-order valence-electron chi connectivity index (χ4n) is 3.45. The van der Waals surface area contributed by atoms with Gasteiger partial charge >= 0.3 is 0 Å². The van der Waals surface area contributed by atoms with Gasteiger partial charge in [0.2, 0.25) is 0 Å². The molecule has 0 bridgehead atoms. The number of aliphatic hydroxyl groups is 1. The summed E-state index contributed by atoms with van der Waals surface area (Å²) in [6.07, 6.45) is 7.90. The van der Waals surface area contributed by atoms with E-state index in [4.69, 9.17) is 9.47 Å². The minimum absolute atomic E-state index is 0.0598. The second-order valence-corrected chi connectivity index (χ2v) is 5.84. The molecule has 3 rings (SSSR count). The van der Waals surface area contributed by atoms with Crippen LogP contribution in [0.4, 0.5) is 0 Å². The summed E-state index contributed by atoms with van der Waals surface area (Å²) in [5, 5.41) is 10.1. The summed E-state index contributed by atoms with van der Waals surface area (Å²) in [6.45, 7) is 6.04. The second-order valence-electron chi connectivity index (χ2n) is 5.84. The molecule has 3 heteroatoms. The van der Waals surface area contributed by atoms with E-state index < -0.39 is 5.79 Å². The number of aliphatic hydroxyl groups excluding tert-OH is 1. The average molecular weight is 236 g/mol. The maximum absolute atomic E-state index is 10.1. The van der Waals surface area contributed by atoms with Gasteiger partial charge in [0.05, 0.1) is 18.3 Å². The van der Waals surface area contributed by atoms with E-state index in [0.717, 1.165) is 0 Å². The first-order chi connectivity index (χ1) is 7.98. The molecule has 0 aromatic rings. The van der Waals surface area contributed by atoms with Crippen LogP contribution in [0.25, 0.3) is 0 Å². The molecule has 0 amide bonds. The van der Waals surface area contributed by atoms with Gasteiger partial charge in [0.25, 0.3) is 0 Å². The highest BCUT2D eigenvalue weighted by molar-refractivity contribution is 5.19. The molecule has 0 spiro atoms. The molecule has 6 atom stereocenters. The zero-order chi connectivity index (χ0) is 12.2. The van der Waals surface area contributed by atoms with Crippen LogP contribution >= 0.6 is 0 Å². The maximum Gasteiger partial charge on any atom is 0.164 e. The van der Waals surface area contributed by atoms with Crippen molar-refractivity contribution in [3.8, 4) is 0 Å². The molecular weight excluding hydrogens is 216 g/mol. The van der Waals surface area contributed by atoms with Crippen LogP contribution < -0.4 is 0 Å². The molecule has 1 N–H and O–H groups in total. The third kappa shape index (κ3) is 1.77. The monoisotopic (exact) mass is 236 g/mol. The van der Waals surface area contributed by atoms with Gasteiger partial charge < -0.3 is 14.6 Å². The SMILES string of the molecule is C[C@@H]1C=C[C@@H]2OC(C)(C)O[C@@H]3C=C[C@H](O)[C@H]1[C@H]23. The minimum atomic E-state index is -0.548. The molecule has 94 valence electrons. The van der Waals surface area contributed by atoms with Crippen molar-refractivity contribution < 1.29 is 14.6 Å². The summed E-state index contributed by atoms with van der Waals surface area (Å²) in [7, 11) is 0. The quantitative estimate of drug-likeness (QED) is 0.653. The first-order valence-corrected chi connectivity index (χ1v) is 6.38.